The number of methoxy groups -OCH3 is 1. The first-order chi connectivity index (χ1) is 22.4. The summed E-state index contributed by atoms with van der Waals surface area (Å²) in [7, 11) is 1.58. The number of amides is 4. The molecule has 4 aromatic carbocycles. The van der Waals surface area contributed by atoms with Crippen LogP contribution in [0.5, 0.6) is 11.5 Å². The Kier molecular flexibility index (Phi) is 8.72. The quantitative estimate of drug-likeness (QED) is 0.274. The van der Waals surface area contributed by atoms with Crippen LogP contribution in [0.25, 0.3) is 10.8 Å². The smallest absolute Gasteiger partial charge is 0.333 e. The number of nitrogens with one attached hydrogen (secondary N) is 1. The number of phenols is 1. The van der Waals surface area contributed by atoms with Crippen molar-refractivity contribution in [2.45, 2.75) is 31.7 Å². The lowest BCUT2D eigenvalue weighted by Gasteiger charge is -2.46. The number of nitriles is 1. The van der Waals surface area contributed by atoms with Crippen molar-refractivity contribution in [3.05, 3.63) is 108 Å². The lowest BCUT2D eigenvalue weighted by atomic mass is 9.99. The van der Waals surface area contributed by atoms with Crippen LogP contribution < -0.4 is 10.1 Å². The van der Waals surface area contributed by atoms with E-state index >= 15 is 0 Å². The van der Waals surface area contributed by atoms with Crippen molar-refractivity contribution in [2.24, 2.45) is 0 Å². The largest absolute Gasteiger partial charge is 0.508 e. The lowest BCUT2D eigenvalue weighted by Crippen LogP contribution is -2.66. The van der Waals surface area contributed by atoms with E-state index < -0.39 is 18.2 Å². The number of carbonyl (C=O) groups is 3. The number of hydrogen-bond donors (Lipinski definition) is 2. The van der Waals surface area contributed by atoms with Crippen LogP contribution in [0.1, 0.15) is 16.7 Å². The first-order valence-corrected chi connectivity index (χ1v) is 15.0. The van der Waals surface area contributed by atoms with Gasteiger partial charge in [0.05, 0.1) is 26.3 Å². The standard InChI is InChI=1S/C35H34N6O5/c1-46-29-15-11-25(12-16-29)20-37-35(45)39(18-17-36)40-23-33(43)41-31(19-24-9-13-28(42)14-10-24)34(44)38(22-32(40)41)21-27-7-4-6-26-5-2-3-8-30(26)27/h2-16,31-32,42H,18-23H2,1H3,(H,37,45)/t31-,32+/m0/s1. The van der Waals surface area contributed by atoms with E-state index in [1.165, 1.54) is 5.01 Å². The Hall–Kier alpha value is -5.60. The molecule has 2 fully saturated rings. The van der Waals surface area contributed by atoms with E-state index in [-0.39, 0.29) is 50.2 Å². The van der Waals surface area contributed by atoms with Gasteiger partial charge in [-0.2, -0.15) is 10.3 Å². The molecule has 2 atom stereocenters. The van der Waals surface area contributed by atoms with Crippen molar-refractivity contribution in [3.8, 4) is 17.6 Å². The maximum atomic E-state index is 14.2. The van der Waals surface area contributed by atoms with Gasteiger partial charge < -0.3 is 25.0 Å². The van der Waals surface area contributed by atoms with Crippen molar-refractivity contribution in [1.29, 1.82) is 5.26 Å². The number of rotatable bonds is 9. The molecule has 0 saturated carbocycles. The van der Waals surface area contributed by atoms with E-state index in [9.17, 15) is 24.8 Å². The minimum atomic E-state index is -0.845. The molecule has 11 heteroatoms. The number of hydrazine groups is 1. The van der Waals surface area contributed by atoms with Crippen LogP contribution in [0.3, 0.4) is 0 Å². The van der Waals surface area contributed by atoms with Gasteiger partial charge in [-0.15, -0.1) is 0 Å². The highest BCUT2D eigenvalue weighted by molar-refractivity contribution is 5.92. The zero-order valence-corrected chi connectivity index (χ0v) is 25.4. The van der Waals surface area contributed by atoms with Crippen LogP contribution in [0.15, 0.2) is 91.0 Å². The minimum Gasteiger partial charge on any atom is -0.508 e. The number of phenolic OH excluding ortho intramolecular Hbond substituents is 1. The van der Waals surface area contributed by atoms with E-state index in [4.69, 9.17) is 4.74 Å². The second-order valence-corrected chi connectivity index (χ2v) is 11.3. The van der Waals surface area contributed by atoms with E-state index in [1.54, 1.807) is 58.3 Å². The average molecular weight is 619 g/mol. The molecule has 0 unspecified atom stereocenters. The molecular formula is C35H34N6O5. The molecule has 11 nitrogen and oxygen atoms in total. The highest BCUT2D eigenvalue weighted by Crippen LogP contribution is 2.31. The summed E-state index contributed by atoms with van der Waals surface area (Å²) in [5, 5.41) is 27.3. The van der Waals surface area contributed by atoms with E-state index in [2.05, 4.69) is 11.4 Å². The third-order valence-electron chi connectivity index (χ3n) is 8.54. The Morgan fingerprint density at radius 3 is 2.46 bits per heavy atom. The second-order valence-electron chi connectivity index (χ2n) is 11.3. The summed E-state index contributed by atoms with van der Waals surface area (Å²) in [4.78, 5) is 44.7. The van der Waals surface area contributed by atoms with Crippen molar-refractivity contribution < 1.29 is 24.2 Å². The summed E-state index contributed by atoms with van der Waals surface area (Å²) in [6.07, 6.45) is -0.453. The average Bonchev–Trinajstić information content (AvgIpc) is 3.40. The third kappa shape index (κ3) is 6.16. The first kappa shape index (κ1) is 30.4. The maximum Gasteiger partial charge on any atom is 0.333 e. The third-order valence-corrected chi connectivity index (χ3v) is 8.54. The van der Waals surface area contributed by atoms with Crippen molar-refractivity contribution in [1.82, 2.24) is 25.1 Å². The van der Waals surface area contributed by atoms with Crippen LogP contribution in [-0.2, 0) is 29.1 Å². The predicted molar refractivity (Wildman–Crippen MR) is 170 cm³/mol. The predicted octanol–water partition coefficient (Wildman–Crippen LogP) is 3.63. The number of fused-ring (bicyclic) bond motifs is 2. The van der Waals surface area contributed by atoms with Gasteiger partial charge in [0.1, 0.15) is 30.3 Å². The number of carbonyl (C=O) groups excluding carboxylic acids is 3. The molecule has 0 aromatic heterocycles. The molecule has 46 heavy (non-hydrogen) atoms. The molecule has 2 heterocycles. The van der Waals surface area contributed by atoms with Gasteiger partial charge in [0.25, 0.3) is 0 Å². The molecule has 2 aliphatic rings. The molecule has 0 bridgehead atoms. The van der Waals surface area contributed by atoms with E-state index in [1.807, 2.05) is 54.6 Å². The first-order valence-electron chi connectivity index (χ1n) is 15.0. The van der Waals surface area contributed by atoms with Gasteiger partial charge in [-0.25, -0.2) is 9.80 Å². The van der Waals surface area contributed by atoms with Gasteiger partial charge in [-0.05, 0) is 51.7 Å². The Balaban J connectivity index is 1.30. The number of nitrogens with zero attached hydrogens (tertiary/aromatic N) is 5. The molecular weight excluding hydrogens is 584 g/mol. The second kappa shape index (κ2) is 13.2. The van der Waals surface area contributed by atoms with Gasteiger partial charge >= 0.3 is 6.03 Å². The summed E-state index contributed by atoms with van der Waals surface area (Å²) < 4.78 is 5.20. The molecule has 2 aliphatic heterocycles. The minimum absolute atomic E-state index is 0.102. The van der Waals surface area contributed by atoms with Crippen LogP contribution in [0.2, 0.25) is 0 Å². The number of benzene rings is 4. The summed E-state index contributed by atoms with van der Waals surface area (Å²) in [5.41, 5.74) is 2.58. The Labute approximate surface area is 266 Å². The van der Waals surface area contributed by atoms with Crippen LogP contribution in [-0.4, -0.2) is 81.7 Å². The SMILES string of the molecule is COc1ccc(CNC(=O)N(CC#N)N2CC(=O)N3[C@@H](Cc4ccc(O)cc4)C(=O)N(Cc4cccc5ccccc45)C[C@@H]32)cc1. The molecule has 234 valence electrons. The van der Waals surface area contributed by atoms with Crippen LogP contribution in [0.4, 0.5) is 4.79 Å². The summed E-state index contributed by atoms with van der Waals surface area (Å²) in [5.74, 6) is 0.282. The monoisotopic (exact) mass is 618 g/mol. The Morgan fingerprint density at radius 2 is 1.72 bits per heavy atom. The summed E-state index contributed by atoms with van der Waals surface area (Å²) in [6, 6.07) is 28.4. The highest BCUT2D eigenvalue weighted by Gasteiger charge is 2.52. The molecule has 2 N–H and O–H groups in total. The number of ether oxygens (including phenoxy) is 1. The molecule has 4 aromatic rings. The molecule has 0 spiro atoms. The molecule has 2 saturated heterocycles. The molecule has 0 aliphatic carbocycles. The number of piperazine rings is 1. The number of aromatic hydroxyl groups is 1. The molecule has 6 rings (SSSR count). The van der Waals surface area contributed by atoms with Crippen LogP contribution in [0, 0.1) is 11.3 Å². The van der Waals surface area contributed by atoms with E-state index in [0.29, 0.717) is 12.3 Å². The topological polar surface area (TPSA) is 129 Å². The Morgan fingerprint density at radius 1 is 1.00 bits per heavy atom. The summed E-state index contributed by atoms with van der Waals surface area (Å²) in [6.45, 7) is 0.208. The zero-order chi connectivity index (χ0) is 32.2. The van der Waals surface area contributed by atoms with Gasteiger partial charge in [-0.3, -0.25) is 9.59 Å². The molecule has 4 amide bonds. The van der Waals surface area contributed by atoms with Gasteiger partial charge in [0.15, 0.2) is 0 Å². The van der Waals surface area contributed by atoms with Gasteiger partial charge in [0.2, 0.25) is 11.8 Å². The molecule has 0 radical (unpaired) electrons. The van der Waals surface area contributed by atoms with Crippen molar-refractivity contribution in [3.63, 3.8) is 0 Å². The highest BCUT2D eigenvalue weighted by atomic mass is 16.5. The summed E-state index contributed by atoms with van der Waals surface area (Å²) >= 11 is 0. The zero-order valence-electron chi connectivity index (χ0n) is 25.4. The van der Waals surface area contributed by atoms with Crippen LogP contribution >= 0.6 is 0 Å². The van der Waals surface area contributed by atoms with Gasteiger partial charge in [0, 0.05) is 19.5 Å². The fourth-order valence-corrected chi connectivity index (χ4v) is 6.24. The van der Waals surface area contributed by atoms with Crippen molar-refractivity contribution in [2.75, 3.05) is 26.7 Å². The van der Waals surface area contributed by atoms with Gasteiger partial charge in [-0.1, -0.05) is 66.7 Å². The fourth-order valence-electron chi connectivity index (χ4n) is 6.24. The Bertz CT molecular complexity index is 1780. The lowest BCUT2D eigenvalue weighted by molar-refractivity contribution is -0.157. The fraction of sp³-hybridized carbons (Fsp3) is 0.257. The number of urea groups is 1. The van der Waals surface area contributed by atoms with E-state index in [0.717, 1.165) is 27.5 Å². The van der Waals surface area contributed by atoms with Crippen molar-refractivity contribution >= 4 is 28.6 Å². The number of hydrogen-bond acceptors (Lipinski definition) is 7. The maximum absolute atomic E-state index is 14.2. The normalized spacial score (nSPS) is 17.9.